The lowest BCUT2D eigenvalue weighted by Gasteiger charge is -2.08. The molecule has 0 atom stereocenters. The van der Waals surface area contributed by atoms with Gasteiger partial charge in [-0.2, -0.15) is 4.39 Å². The number of fused-ring (bicyclic) bond motifs is 1. The van der Waals surface area contributed by atoms with Gasteiger partial charge < -0.3 is 14.9 Å². The predicted octanol–water partition coefficient (Wildman–Crippen LogP) is 1.58. The van der Waals surface area contributed by atoms with Gasteiger partial charge in [0.15, 0.2) is 5.75 Å². The molecule has 0 fully saturated rings. The van der Waals surface area contributed by atoms with Crippen LogP contribution in [0.3, 0.4) is 0 Å². The van der Waals surface area contributed by atoms with E-state index in [1.54, 1.807) is 18.2 Å². The molecule has 4 nitrogen and oxygen atoms in total. The molecule has 2 N–H and O–H groups in total. The molecule has 0 bridgehead atoms. The van der Waals surface area contributed by atoms with Crippen LogP contribution in [0, 0.1) is 5.95 Å². The molecule has 0 amide bonds. The molecule has 0 radical (unpaired) electrons. The van der Waals surface area contributed by atoms with Gasteiger partial charge in [-0.1, -0.05) is 0 Å². The molecule has 16 heavy (non-hydrogen) atoms. The summed E-state index contributed by atoms with van der Waals surface area (Å²) in [5.74, 6) is -1.06. The summed E-state index contributed by atoms with van der Waals surface area (Å²) in [5.41, 5.74) is 0.474. The summed E-state index contributed by atoms with van der Waals surface area (Å²) in [4.78, 5) is 3.58. The summed E-state index contributed by atoms with van der Waals surface area (Å²) < 4.78 is 18.2. The van der Waals surface area contributed by atoms with Gasteiger partial charge >= 0.3 is 0 Å². The molecular weight excluding hydrogens is 213 g/mol. The molecule has 5 heteroatoms. The molecule has 0 aliphatic rings. The average molecular weight is 223 g/mol. The highest BCUT2D eigenvalue weighted by Gasteiger charge is 2.13. The molecule has 0 unspecified atom stereocenters. The number of hydrogen-bond acceptors (Lipinski definition) is 4. The monoisotopic (exact) mass is 223 g/mol. The van der Waals surface area contributed by atoms with E-state index in [4.69, 9.17) is 9.84 Å². The van der Waals surface area contributed by atoms with Crippen molar-refractivity contribution in [3.63, 3.8) is 0 Å². The largest absolute Gasteiger partial charge is 0.503 e. The highest BCUT2D eigenvalue weighted by atomic mass is 19.1. The fourth-order valence-electron chi connectivity index (χ4n) is 1.55. The van der Waals surface area contributed by atoms with Gasteiger partial charge in [-0.3, -0.25) is 0 Å². The van der Waals surface area contributed by atoms with E-state index in [1.807, 2.05) is 0 Å². The zero-order chi connectivity index (χ0) is 11.7. The van der Waals surface area contributed by atoms with Crippen molar-refractivity contribution in [2.45, 2.75) is 6.61 Å². The van der Waals surface area contributed by atoms with E-state index in [1.165, 1.54) is 7.11 Å². The lowest BCUT2D eigenvalue weighted by molar-refractivity contribution is 0.274. The van der Waals surface area contributed by atoms with Crippen molar-refractivity contribution < 1.29 is 19.3 Å². The van der Waals surface area contributed by atoms with Gasteiger partial charge in [0, 0.05) is 10.9 Å². The van der Waals surface area contributed by atoms with Crippen LogP contribution in [0.5, 0.6) is 11.5 Å². The van der Waals surface area contributed by atoms with Crippen LogP contribution in [0.25, 0.3) is 10.9 Å². The predicted molar refractivity (Wildman–Crippen MR) is 55.8 cm³/mol. The zero-order valence-corrected chi connectivity index (χ0v) is 8.57. The first-order valence-electron chi connectivity index (χ1n) is 4.63. The molecule has 2 aromatic rings. The van der Waals surface area contributed by atoms with E-state index in [0.717, 1.165) is 0 Å². The van der Waals surface area contributed by atoms with E-state index in [0.29, 0.717) is 16.7 Å². The number of aliphatic hydroxyl groups is 1. The van der Waals surface area contributed by atoms with E-state index >= 15 is 0 Å². The van der Waals surface area contributed by atoms with E-state index in [9.17, 15) is 9.50 Å². The minimum absolute atomic E-state index is 0.112. The van der Waals surface area contributed by atoms with E-state index in [-0.39, 0.29) is 5.56 Å². The second kappa shape index (κ2) is 3.94. The molecule has 1 heterocycles. The summed E-state index contributed by atoms with van der Waals surface area (Å²) in [6.45, 7) is -0.463. The number of benzene rings is 1. The number of aromatic hydroxyl groups is 1. The fourth-order valence-corrected chi connectivity index (χ4v) is 1.55. The van der Waals surface area contributed by atoms with Crippen LogP contribution in [0.1, 0.15) is 5.56 Å². The summed E-state index contributed by atoms with van der Waals surface area (Å²) in [5, 5.41) is 19.0. The van der Waals surface area contributed by atoms with Gasteiger partial charge in [0.05, 0.1) is 19.2 Å². The van der Waals surface area contributed by atoms with Crippen LogP contribution < -0.4 is 4.74 Å². The lowest BCUT2D eigenvalue weighted by Crippen LogP contribution is -1.95. The van der Waals surface area contributed by atoms with Crippen molar-refractivity contribution in [3.8, 4) is 11.5 Å². The molecule has 1 aromatic carbocycles. The molecule has 2 rings (SSSR count). The standard InChI is InChI=1S/C11H10FNO3/c1-16-6-2-3-9-7(4-6)8(5-14)10(15)11(12)13-9/h2-4,14-15H,5H2,1H3. The SMILES string of the molecule is COc1ccc2nc(F)c(O)c(CO)c2c1. The van der Waals surface area contributed by atoms with Crippen LogP contribution in [0.2, 0.25) is 0 Å². The van der Waals surface area contributed by atoms with Crippen molar-refractivity contribution >= 4 is 10.9 Å². The Hall–Kier alpha value is -1.88. The van der Waals surface area contributed by atoms with Crippen molar-refractivity contribution in [2.75, 3.05) is 7.11 Å². The van der Waals surface area contributed by atoms with Crippen molar-refractivity contribution in [1.29, 1.82) is 0 Å². The Morgan fingerprint density at radius 3 is 2.81 bits per heavy atom. The Morgan fingerprint density at radius 2 is 2.19 bits per heavy atom. The highest BCUT2D eigenvalue weighted by Crippen LogP contribution is 2.30. The maximum atomic E-state index is 13.2. The third kappa shape index (κ3) is 1.55. The number of methoxy groups -OCH3 is 1. The summed E-state index contributed by atoms with van der Waals surface area (Å²) >= 11 is 0. The quantitative estimate of drug-likeness (QED) is 0.759. The van der Waals surface area contributed by atoms with Crippen LogP contribution in [-0.4, -0.2) is 22.3 Å². The topological polar surface area (TPSA) is 62.6 Å². The van der Waals surface area contributed by atoms with Gasteiger partial charge in [0.1, 0.15) is 5.75 Å². The first-order valence-corrected chi connectivity index (χ1v) is 4.63. The average Bonchev–Trinajstić information content (AvgIpc) is 2.30. The molecule has 84 valence electrons. The number of ether oxygens (including phenoxy) is 1. The van der Waals surface area contributed by atoms with E-state index in [2.05, 4.69) is 4.98 Å². The second-order valence-corrected chi connectivity index (χ2v) is 3.27. The van der Waals surface area contributed by atoms with E-state index < -0.39 is 18.3 Å². The minimum Gasteiger partial charge on any atom is -0.503 e. The number of rotatable bonds is 2. The summed E-state index contributed by atoms with van der Waals surface area (Å²) in [6, 6.07) is 4.79. The van der Waals surface area contributed by atoms with Crippen LogP contribution >= 0.6 is 0 Å². The number of nitrogens with zero attached hydrogens (tertiary/aromatic N) is 1. The molecule has 1 aromatic heterocycles. The number of hydrogen-bond donors (Lipinski definition) is 2. The van der Waals surface area contributed by atoms with Gasteiger partial charge in [-0.25, -0.2) is 4.98 Å². The second-order valence-electron chi connectivity index (χ2n) is 3.27. The maximum Gasteiger partial charge on any atom is 0.255 e. The van der Waals surface area contributed by atoms with Crippen molar-refractivity contribution in [1.82, 2.24) is 4.98 Å². The molecule has 0 saturated heterocycles. The van der Waals surface area contributed by atoms with Crippen molar-refractivity contribution in [3.05, 3.63) is 29.7 Å². The third-order valence-corrected chi connectivity index (χ3v) is 2.39. The Morgan fingerprint density at radius 1 is 1.44 bits per heavy atom. The number of halogens is 1. The van der Waals surface area contributed by atoms with Gasteiger partial charge in [-0.15, -0.1) is 0 Å². The third-order valence-electron chi connectivity index (χ3n) is 2.39. The summed E-state index contributed by atoms with van der Waals surface area (Å²) in [6.07, 6.45) is 0. The lowest BCUT2D eigenvalue weighted by atomic mass is 10.1. The van der Waals surface area contributed by atoms with Gasteiger partial charge in [0.2, 0.25) is 0 Å². The molecule has 0 spiro atoms. The summed E-state index contributed by atoms with van der Waals surface area (Å²) in [7, 11) is 1.50. The zero-order valence-electron chi connectivity index (χ0n) is 8.57. The first-order chi connectivity index (χ1) is 7.67. The normalized spacial score (nSPS) is 10.7. The van der Waals surface area contributed by atoms with Gasteiger partial charge in [0.25, 0.3) is 5.95 Å². The van der Waals surface area contributed by atoms with Crippen LogP contribution in [0.4, 0.5) is 4.39 Å². The Kier molecular flexibility index (Phi) is 2.62. The molecule has 0 saturated carbocycles. The highest BCUT2D eigenvalue weighted by molar-refractivity contribution is 5.85. The number of aromatic nitrogens is 1. The molecular formula is C11H10FNO3. The fraction of sp³-hybridized carbons (Fsp3) is 0.182. The molecule has 0 aliphatic heterocycles. The van der Waals surface area contributed by atoms with Gasteiger partial charge in [-0.05, 0) is 18.2 Å². The number of pyridine rings is 1. The minimum atomic E-state index is -0.985. The van der Waals surface area contributed by atoms with Crippen LogP contribution in [0.15, 0.2) is 18.2 Å². The first kappa shape index (κ1) is 10.6. The van der Waals surface area contributed by atoms with Crippen LogP contribution in [-0.2, 0) is 6.61 Å². The number of aliphatic hydroxyl groups excluding tert-OH is 1. The smallest absolute Gasteiger partial charge is 0.255 e. The van der Waals surface area contributed by atoms with Crippen molar-refractivity contribution in [2.24, 2.45) is 0 Å². The molecule has 0 aliphatic carbocycles. The maximum absolute atomic E-state index is 13.2. The Balaban J connectivity index is 2.81. The Labute approximate surface area is 90.9 Å². The Bertz CT molecular complexity index is 542.